The Morgan fingerprint density at radius 2 is 1.60 bits per heavy atom. The van der Waals surface area contributed by atoms with Crippen LogP contribution in [0.25, 0.3) is 16.5 Å². The number of benzene rings is 2. The third kappa shape index (κ3) is 26.5. The van der Waals surface area contributed by atoms with Crippen LogP contribution in [-0.4, -0.2) is 98.0 Å². The molecule has 0 saturated carbocycles. The number of hydrogen-bond acceptors (Lipinski definition) is 9. The van der Waals surface area contributed by atoms with Gasteiger partial charge >= 0.3 is 6.09 Å². The van der Waals surface area contributed by atoms with E-state index in [1.54, 1.807) is 25.3 Å². The number of carbonyl (C=O) groups excluding carboxylic acids is 3. The molecular weight excluding hydrogens is 793 g/mol. The van der Waals surface area contributed by atoms with Gasteiger partial charge in [0.15, 0.2) is 5.88 Å². The third-order valence-electron chi connectivity index (χ3n) is 7.45. The molecule has 3 rings (SSSR count). The van der Waals surface area contributed by atoms with Gasteiger partial charge in [0.1, 0.15) is 24.3 Å². The lowest BCUT2D eigenvalue weighted by Crippen LogP contribution is -2.42. The van der Waals surface area contributed by atoms with Crippen molar-refractivity contribution in [2.45, 2.75) is 107 Å². The molecule has 0 aliphatic rings. The van der Waals surface area contributed by atoms with E-state index in [9.17, 15) is 23.2 Å². The maximum atomic E-state index is 13.2. The molecule has 1 heterocycles. The van der Waals surface area contributed by atoms with E-state index in [-0.39, 0.29) is 32.1 Å². The van der Waals surface area contributed by atoms with Gasteiger partial charge < -0.3 is 40.1 Å². The van der Waals surface area contributed by atoms with Crippen LogP contribution < -0.4 is 16.0 Å². The number of aldehydes is 1. The molecule has 0 fully saturated rings. The highest BCUT2D eigenvalue weighted by molar-refractivity contribution is 5.87. The summed E-state index contributed by atoms with van der Waals surface area (Å²) in [6.07, 6.45) is 9.72. The highest BCUT2D eigenvalue weighted by Gasteiger charge is 2.23. The Morgan fingerprint density at radius 3 is 2.15 bits per heavy atom. The molecule has 0 radical (unpaired) electrons. The van der Waals surface area contributed by atoms with Gasteiger partial charge in [0.25, 0.3) is 5.92 Å². The number of ether oxygens (including phenoxy) is 2. The van der Waals surface area contributed by atoms with Gasteiger partial charge in [-0.05, 0) is 73.3 Å². The molecule has 2 amide bonds. The minimum absolute atomic E-state index is 0.156. The fraction of sp³-hybridized carbons (Fsp3) is 0.500. The normalized spacial score (nSPS) is 10.6. The first-order chi connectivity index (χ1) is 29.6. The second kappa shape index (κ2) is 35.0. The standard InChI is InChI=1S/C33H40F2N6O3.C7H13NO2.2C3H8.C2H6/c1-7-15-41(31(42)19-37-32(43)44-6)20-23(3)38-29(8-2)27-13-12-25-16-24(9-11-26(25)17-27)10-14-28-18-36-30(39-28)21-40(5)22-33(4,34)35;1-3-4-7(10-2)8-5-6-9;2*1-3-2;1-2/h8-9,11-13,16-18,38H,3,7,15,19-22H2,1-2,4-6H3,(H,36,39)(H,37,43);4,6,8H,3,5H2,1-2H3;2*3H2,1-2H3;1-2H3/b29-8-;7-4+;;;. The lowest BCUT2D eigenvalue weighted by Gasteiger charge is -2.24. The van der Waals surface area contributed by atoms with E-state index in [1.807, 2.05) is 77.1 Å². The fourth-order valence-corrected chi connectivity index (χ4v) is 5.14. The van der Waals surface area contributed by atoms with E-state index in [0.29, 0.717) is 36.2 Å². The molecule has 346 valence electrons. The Bertz CT molecular complexity index is 1860. The van der Waals surface area contributed by atoms with E-state index in [1.165, 1.54) is 24.9 Å². The minimum Gasteiger partial charge on any atom is -0.483 e. The molecule has 3 aromatic rings. The fourth-order valence-electron chi connectivity index (χ4n) is 5.14. The van der Waals surface area contributed by atoms with Crippen molar-refractivity contribution in [2.75, 3.05) is 54.0 Å². The number of imidazole rings is 1. The highest BCUT2D eigenvalue weighted by atomic mass is 19.3. The number of halogens is 2. The van der Waals surface area contributed by atoms with Gasteiger partial charge in [-0.25, -0.2) is 18.6 Å². The van der Waals surface area contributed by atoms with E-state index in [4.69, 9.17) is 4.74 Å². The number of nitrogens with one attached hydrogen (secondary N) is 4. The summed E-state index contributed by atoms with van der Waals surface area (Å²) in [7, 11) is 4.44. The van der Waals surface area contributed by atoms with Crippen molar-refractivity contribution in [3.8, 4) is 11.8 Å². The summed E-state index contributed by atoms with van der Waals surface area (Å²) in [4.78, 5) is 44.3. The van der Waals surface area contributed by atoms with Crippen LogP contribution in [0.5, 0.6) is 0 Å². The van der Waals surface area contributed by atoms with Crippen molar-refractivity contribution in [3.05, 3.63) is 95.6 Å². The first-order valence-corrected chi connectivity index (χ1v) is 21.4. The summed E-state index contributed by atoms with van der Waals surface area (Å²) in [5.41, 5.74) is 3.87. The van der Waals surface area contributed by atoms with Crippen LogP contribution in [0.1, 0.15) is 118 Å². The quantitative estimate of drug-likeness (QED) is 0.0559. The number of fused-ring (bicyclic) bond motifs is 1. The summed E-state index contributed by atoms with van der Waals surface area (Å²) in [5, 5.41) is 10.6. The third-order valence-corrected chi connectivity index (χ3v) is 7.45. The molecule has 12 nitrogen and oxygen atoms in total. The zero-order valence-corrected chi connectivity index (χ0v) is 39.7. The van der Waals surface area contributed by atoms with Crippen LogP contribution in [0, 0.1) is 11.8 Å². The van der Waals surface area contributed by atoms with Crippen LogP contribution in [0.2, 0.25) is 0 Å². The Kier molecular flexibility index (Phi) is 32.9. The summed E-state index contributed by atoms with van der Waals surface area (Å²) >= 11 is 0. The maximum absolute atomic E-state index is 13.2. The van der Waals surface area contributed by atoms with Crippen molar-refractivity contribution in [3.63, 3.8) is 0 Å². The molecule has 0 aliphatic carbocycles. The van der Waals surface area contributed by atoms with Crippen LogP contribution >= 0.6 is 0 Å². The number of hydrogen-bond donors (Lipinski definition) is 4. The second-order valence-corrected chi connectivity index (χ2v) is 13.7. The zero-order chi connectivity index (χ0) is 47.5. The number of allylic oxidation sites excluding steroid dienone is 2. The van der Waals surface area contributed by atoms with Gasteiger partial charge in [0.05, 0.1) is 46.6 Å². The molecule has 0 spiro atoms. The number of aromatic amines is 1. The molecule has 0 saturated heterocycles. The molecule has 0 aliphatic heterocycles. The zero-order valence-electron chi connectivity index (χ0n) is 39.7. The molecule has 4 N–H and O–H groups in total. The number of carbonyl (C=O) groups is 3. The van der Waals surface area contributed by atoms with Crippen molar-refractivity contribution in [1.82, 2.24) is 35.7 Å². The summed E-state index contributed by atoms with van der Waals surface area (Å²) < 4.78 is 35.9. The predicted molar refractivity (Wildman–Crippen MR) is 251 cm³/mol. The Balaban J connectivity index is 0. The smallest absolute Gasteiger partial charge is 0.407 e. The number of alkyl halides is 2. The van der Waals surface area contributed by atoms with E-state index in [0.717, 1.165) is 53.6 Å². The SMILES string of the molecule is C=C(CN(CCC)C(=O)CNC(=O)OC)N/C(=C\C)c1ccc2cc(C#Cc3cnc(CN(C)CC(C)(F)F)[nH]3)ccc2c1.CC.CC/C=C(\NCC=O)OC.CCC.CCC. The Hall–Kier alpha value is -5.68. The molecule has 1 aromatic heterocycles. The van der Waals surface area contributed by atoms with E-state index < -0.39 is 12.0 Å². The van der Waals surface area contributed by atoms with Gasteiger partial charge in [-0.15, -0.1) is 0 Å². The predicted octanol–water partition coefficient (Wildman–Crippen LogP) is 9.64. The molecule has 62 heavy (non-hydrogen) atoms. The van der Waals surface area contributed by atoms with Crippen LogP contribution in [-0.2, 0) is 25.6 Å². The van der Waals surface area contributed by atoms with E-state index in [2.05, 4.69) is 82.8 Å². The number of rotatable bonds is 18. The maximum Gasteiger partial charge on any atom is 0.407 e. The Labute approximate surface area is 371 Å². The van der Waals surface area contributed by atoms with Crippen LogP contribution in [0.15, 0.2) is 72.9 Å². The van der Waals surface area contributed by atoms with Crippen LogP contribution in [0.4, 0.5) is 13.6 Å². The summed E-state index contributed by atoms with van der Waals surface area (Å²) in [6, 6.07) is 12.0. The summed E-state index contributed by atoms with van der Waals surface area (Å²) in [5.74, 6) is 4.43. The molecule has 2 aromatic carbocycles. The Morgan fingerprint density at radius 1 is 0.968 bits per heavy atom. The second-order valence-electron chi connectivity index (χ2n) is 13.7. The average Bonchev–Trinajstić information content (AvgIpc) is 3.69. The average molecular weight is 868 g/mol. The molecule has 0 atom stereocenters. The molecular formula is C48H75F2N7O5. The van der Waals surface area contributed by atoms with Gasteiger partial charge in [0.2, 0.25) is 5.91 Å². The summed E-state index contributed by atoms with van der Waals surface area (Å²) in [6.45, 7) is 24.3. The molecule has 0 bridgehead atoms. The number of methoxy groups -OCH3 is 2. The van der Waals surface area contributed by atoms with E-state index >= 15 is 0 Å². The van der Waals surface area contributed by atoms with Gasteiger partial charge in [0, 0.05) is 30.4 Å². The number of amides is 2. The largest absolute Gasteiger partial charge is 0.483 e. The highest BCUT2D eigenvalue weighted by Crippen LogP contribution is 2.22. The first kappa shape index (κ1) is 58.4. The molecule has 14 heteroatoms. The monoisotopic (exact) mass is 868 g/mol. The lowest BCUT2D eigenvalue weighted by molar-refractivity contribution is -0.129. The van der Waals surface area contributed by atoms with Gasteiger partial charge in [-0.1, -0.05) is 105 Å². The number of alkyl carbamates (subject to hydrolysis) is 1. The van der Waals surface area contributed by atoms with Crippen molar-refractivity contribution < 1.29 is 32.6 Å². The first-order valence-electron chi connectivity index (χ1n) is 21.4. The lowest BCUT2D eigenvalue weighted by atomic mass is 10.0. The number of nitrogens with zero attached hydrogens (tertiary/aromatic N) is 3. The van der Waals surface area contributed by atoms with Crippen molar-refractivity contribution in [1.29, 1.82) is 0 Å². The van der Waals surface area contributed by atoms with Crippen molar-refractivity contribution >= 4 is 34.8 Å². The molecule has 0 unspecified atom stereocenters. The topological polar surface area (TPSA) is 141 Å². The van der Waals surface area contributed by atoms with Crippen LogP contribution in [0.3, 0.4) is 0 Å². The number of aromatic nitrogens is 2. The van der Waals surface area contributed by atoms with Gasteiger partial charge in [-0.2, -0.15) is 0 Å². The van der Waals surface area contributed by atoms with Gasteiger partial charge in [-0.3, -0.25) is 9.69 Å². The van der Waals surface area contributed by atoms with Crippen molar-refractivity contribution in [2.24, 2.45) is 0 Å². The number of H-pyrrole nitrogens is 1. The minimum atomic E-state index is -2.77.